The van der Waals surface area contributed by atoms with Crippen molar-refractivity contribution in [2.24, 2.45) is 11.8 Å². The zero-order valence-electron chi connectivity index (χ0n) is 21.1. The highest BCUT2D eigenvalue weighted by Gasteiger charge is 2.56. The maximum atomic E-state index is 12.4. The Hall–Kier alpha value is 0.340. The van der Waals surface area contributed by atoms with E-state index >= 15 is 0 Å². The van der Waals surface area contributed by atoms with Crippen LogP contribution in [0.25, 0.3) is 0 Å². The predicted octanol–water partition coefficient (Wildman–Crippen LogP) is 3.05. The highest BCUT2D eigenvalue weighted by Crippen LogP contribution is 2.43. The van der Waals surface area contributed by atoms with Gasteiger partial charge in [-0.1, -0.05) is 62.1 Å². The van der Waals surface area contributed by atoms with E-state index in [0.29, 0.717) is 0 Å². The smallest absolute Gasteiger partial charge is 0.272 e. The van der Waals surface area contributed by atoms with E-state index in [9.17, 15) is 51.9 Å². The van der Waals surface area contributed by atoms with Gasteiger partial charge in [0.25, 0.3) is 40.5 Å². The second-order valence-corrected chi connectivity index (χ2v) is 18.5. The minimum atomic E-state index is -4.97. The molecule has 218 valence electrons. The maximum absolute atomic E-state index is 12.4. The molecule has 36 heavy (non-hydrogen) atoms. The van der Waals surface area contributed by atoms with Crippen molar-refractivity contribution >= 4 is 62.1 Å². The van der Waals surface area contributed by atoms with Crippen molar-refractivity contribution in [3.05, 3.63) is 0 Å². The molecule has 0 amide bonds. The van der Waals surface area contributed by atoms with Gasteiger partial charge >= 0.3 is 0 Å². The van der Waals surface area contributed by atoms with Crippen LogP contribution >= 0.6 is 21.6 Å². The average Bonchev–Trinajstić information content (AvgIpc) is 2.71. The standard InChI is InChI=1S/C18H38O12S6/c1-7-13(3)17(35(25,26)27,15(5)33(19,20)21)9-11-31-32-12-10-18(14(4)8-2,36(28,29)30)16(6)34(22,23)24/h13-16H,7-12H2,1-6H3,(H,19,20,21)(H,22,23,24)(H,25,26,27)(H,28,29,30). The topological polar surface area (TPSA) is 217 Å². The zero-order valence-corrected chi connectivity index (χ0v) is 26.0. The second-order valence-electron chi connectivity index (χ2n) is 8.94. The van der Waals surface area contributed by atoms with Gasteiger partial charge in [-0.2, -0.15) is 33.7 Å². The van der Waals surface area contributed by atoms with E-state index in [0.717, 1.165) is 35.4 Å². The molecule has 4 N–H and O–H groups in total. The van der Waals surface area contributed by atoms with Crippen LogP contribution in [0.1, 0.15) is 67.2 Å². The quantitative estimate of drug-likeness (QED) is 0.102. The molecule has 0 radical (unpaired) electrons. The fourth-order valence-electron chi connectivity index (χ4n) is 4.60. The molecule has 0 aromatic rings. The first-order valence-corrected chi connectivity index (χ1v) is 19.5. The molecule has 0 saturated carbocycles. The van der Waals surface area contributed by atoms with Gasteiger partial charge in [-0.15, -0.1) is 0 Å². The van der Waals surface area contributed by atoms with Crippen LogP contribution in [0.2, 0.25) is 0 Å². The third-order valence-electron chi connectivity index (χ3n) is 7.36. The van der Waals surface area contributed by atoms with Gasteiger partial charge < -0.3 is 0 Å². The average molecular weight is 639 g/mol. The third kappa shape index (κ3) is 7.94. The molecule has 0 bridgehead atoms. The first-order chi connectivity index (χ1) is 16.0. The third-order valence-corrected chi connectivity index (χ3v) is 16.5. The van der Waals surface area contributed by atoms with Crippen molar-refractivity contribution in [3.8, 4) is 0 Å². The zero-order chi connectivity index (χ0) is 29.0. The lowest BCUT2D eigenvalue weighted by Crippen LogP contribution is -2.56. The van der Waals surface area contributed by atoms with Crippen molar-refractivity contribution in [2.75, 3.05) is 11.5 Å². The van der Waals surface area contributed by atoms with Crippen molar-refractivity contribution in [1.29, 1.82) is 0 Å². The summed E-state index contributed by atoms with van der Waals surface area (Å²) >= 11 is 0. The van der Waals surface area contributed by atoms with Crippen LogP contribution in [0, 0.1) is 11.8 Å². The molecule has 6 unspecified atom stereocenters. The molecule has 0 fully saturated rings. The van der Waals surface area contributed by atoms with E-state index in [4.69, 9.17) is 0 Å². The van der Waals surface area contributed by atoms with Gasteiger partial charge in [0, 0.05) is 11.5 Å². The maximum Gasteiger partial charge on any atom is 0.272 e. The normalized spacial score (nSPS) is 20.6. The summed E-state index contributed by atoms with van der Waals surface area (Å²) in [5.41, 5.74) is 0. The van der Waals surface area contributed by atoms with Gasteiger partial charge in [0.2, 0.25) is 0 Å². The molecular formula is C18H38O12S6. The van der Waals surface area contributed by atoms with Crippen LogP contribution in [0.15, 0.2) is 0 Å². The fraction of sp³-hybridized carbons (Fsp3) is 1.00. The summed E-state index contributed by atoms with van der Waals surface area (Å²) in [6.45, 7) is 8.08. The van der Waals surface area contributed by atoms with Crippen LogP contribution in [-0.4, -0.2) is 83.4 Å². The molecule has 0 saturated heterocycles. The van der Waals surface area contributed by atoms with Gasteiger partial charge in [-0.05, 0) is 38.5 Å². The molecule has 0 aliphatic heterocycles. The van der Waals surface area contributed by atoms with E-state index in [1.165, 1.54) is 13.8 Å². The molecule has 0 aliphatic rings. The Bertz CT molecular complexity index is 1060. The minimum absolute atomic E-state index is 0.0370. The Morgan fingerprint density at radius 3 is 1.00 bits per heavy atom. The Labute approximate surface area is 223 Å². The Morgan fingerprint density at radius 2 is 0.833 bits per heavy atom. The van der Waals surface area contributed by atoms with Crippen molar-refractivity contribution < 1.29 is 51.9 Å². The predicted molar refractivity (Wildman–Crippen MR) is 144 cm³/mol. The summed E-state index contributed by atoms with van der Waals surface area (Å²) in [6, 6.07) is 0. The molecule has 0 aromatic heterocycles. The number of hydrogen-bond acceptors (Lipinski definition) is 10. The highest BCUT2D eigenvalue weighted by atomic mass is 33.1. The van der Waals surface area contributed by atoms with Crippen LogP contribution in [0.3, 0.4) is 0 Å². The number of rotatable bonds is 17. The van der Waals surface area contributed by atoms with Crippen LogP contribution in [0.5, 0.6) is 0 Å². The molecule has 12 nitrogen and oxygen atoms in total. The monoisotopic (exact) mass is 638 g/mol. The summed E-state index contributed by atoms with van der Waals surface area (Å²) in [5, 5.41) is -3.68. The first kappa shape index (κ1) is 36.3. The lowest BCUT2D eigenvalue weighted by molar-refractivity contribution is 0.308. The molecule has 0 aliphatic carbocycles. The van der Waals surface area contributed by atoms with E-state index in [1.807, 2.05) is 0 Å². The fourth-order valence-corrected chi connectivity index (χ4v) is 13.2. The van der Waals surface area contributed by atoms with Gasteiger partial charge in [0.05, 0.1) is 0 Å². The Morgan fingerprint density at radius 1 is 0.583 bits per heavy atom. The number of hydrogen-bond donors (Lipinski definition) is 4. The van der Waals surface area contributed by atoms with Crippen molar-refractivity contribution in [1.82, 2.24) is 0 Å². The molecule has 0 aromatic carbocycles. The van der Waals surface area contributed by atoms with E-state index in [1.54, 1.807) is 13.8 Å². The van der Waals surface area contributed by atoms with Crippen LogP contribution in [-0.2, 0) is 40.5 Å². The van der Waals surface area contributed by atoms with E-state index in [-0.39, 0.29) is 37.2 Å². The molecular weight excluding hydrogens is 601 g/mol. The lowest BCUT2D eigenvalue weighted by Gasteiger charge is -2.39. The second kappa shape index (κ2) is 13.1. The summed E-state index contributed by atoms with van der Waals surface area (Å²) in [5.74, 6) is -1.79. The Balaban J connectivity index is 5.88. The summed E-state index contributed by atoms with van der Waals surface area (Å²) < 4.78 is 132. The Kier molecular flexibility index (Phi) is 13.3. The van der Waals surface area contributed by atoms with Gasteiger partial charge in [-0.25, -0.2) is 0 Å². The van der Waals surface area contributed by atoms with Gasteiger partial charge in [-0.3, -0.25) is 18.2 Å². The largest absolute Gasteiger partial charge is 0.285 e. The summed E-state index contributed by atoms with van der Waals surface area (Å²) in [7, 11) is -17.6. The van der Waals surface area contributed by atoms with E-state index in [2.05, 4.69) is 0 Å². The van der Waals surface area contributed by atoms with Crippen LogP contribution < -0.4 is 0 Å². The lowest BCUT2D eigenvalue weighted by atomic mass is 9.86. The summed E-state index contributed by atoms with van der Waals surface area (Å²) in [4.78, 5) is 0. The highest BCUT2D eigenvalue weighted by molar-refractivity contribution is 8.76. The van der Waals surface area contributed by atoms with Crippen LogP contribution in [0.4, 0.5) is 0 Å². The summed E-state index contributed by atoms with van der Waals surface area (Å²) in [6.07, 6.45) is -0.376. The van der Waals surface area contributed by atoms with Crippen molar-refractivity contribution in [3.63, 3.8) is 0 Å². The van der Waals surface area contributed by atoms with Gasteiger partial charge in [0.1, 0.15) is 20.0 Å². The minimum Gasteiger partial charge on any atom is -0.285 e. The molecule has 18 heteroatoms. The van der Waals surface area contributed by atoms with Crippen molar-refractivity contribution in [2.45, 2.75) is 87.2 Å². The van der Waals surface area contributed by atoms with E-state index < -0.39 is 72.3 Å². The molecule has 6 atom stereocenters. The molecule has 0 rings (SSSR count). The first-order valence-electron chi connectivity index (χ1n) is 11.1. The van der Waals surface area contributed by atoms with Gasteiger partial charge in [0.15, 0.2) is 0 Å². The molecule has 0 heterocycles. The molecule has 0 spiro atoms. The SMILES string of the molecule is CCC(C)C(CCSSCCC(C(C)CC)(C(C)S(=O)(=O)O)S(=O)(=O)O)(C(C)S(=O)(=O)O)S(=O)(=O)O.